The van der Waals surface area contributed by atoms with Gasteiger partial charge in [-0.3, -0.25) is 10.1 Å². The van der Waals surface area contributed by atoms with Crippen molar-refractivity contribution in [1.29, 1.82) is 0 Å². The van der Waals surface area contributed by atoms with Crippen LogP contribution in [-0.4, -0.2) is 61.4 Å². The van der Waals surface area contributed by atoms with E-state index in [4.69, 9.17) is 9.15 Å². The zero-order valence-corrected chi connectivity index (χ0v) is 19.9. The number of aromatic nitrogens is 2. The Labute approximate surface area is 196 Å². The highest BCUT2D eigenvalue weighted by Gasteiger charge is 2.26. The van der Waals surface area contributed by atoms with E-state index in [0.717, 1.165) is 23.3 Å². The lowest BCUT2D eigenvalue weighted by Gasteiger charge is -2.20. The van der Waals surface area contributed by atoms with Crippen molar-refractivity contribution in [1.82, 2.24) is 14.5 Å². The van der Waals surface area contributed by atoms with Crippen LogP contribution in [0.5, 0.6) is 0 Å². The first-order valence-corrected chi connectivity index (χ1v) is 13.0. The smallest absolute Gasteiger partial charge is 0.322 e. The Balaban J connectivity index is 1.42. The Morgan fingerprint density at radius 3 is 2.70 bits per heavy atom. The molecule has 1 aromatic heterocycles. The van der Waals surface area contributed by atoms with E-state index < -0.39 is 15.9 Å². The minimum absolute atomic E-state index is 0.0439. The molecular weight excluding hydrogens is 464 g/mol. The molecule has 1 aliphatic heterocycles. The van der Waals surface area contributed by atoms with E-state index in [2.05, 4.69) is 15.5 Å². The number of rotatable bonds is 8. The van der Waals surface area contributed by atoms with Gasteiger partial charge in [0, 0.05) is 36.2 Å². The van der Waals surface area contributed by atoms with Gasteiger partial charge in [-0.25, -0.2) is 8.42 Å². The zero-order chi connectivity index (χ0) is 23.4. The largest absolute Gasteiger partial charge is 0.403 e. The molecule has 2 heterocycles. The highest BCUT2D eigenvalue weighted by atomic mass is 32.2. The summed E-state index contributed by atoms with van der Waals surface area (Å²) >= 11 is 1.59. The number of carbonyl (C=O) groups is 1. The minimum atomic E-state index is -3.68. The summed E-state index contributed by atoms with van der Waals surface area (Å²) in [5, 5.41) is 10.4. The number of nitrogens with one attached hydrogen (secondary N) is 1. The standard InChI is InChI=1S/C22H24N4O5S2/c1-26(14-17-6-4-12-30-17)33(28,29)19-10-8-15(9-11-19)20(27)23-22-25-24-21(31-22)16-5-3-7-18(13-16)32-2/h3,5,7-11,13,17H,4,6,12,14H2,1-2H3,(H,23,25,27). The maximum atomic E-state index is 12.8. The van der Waals surface area contributed by atoms with Crippen LogP contribution in [0.4, 0.5) is 6.01 Å². The summed E-state index contributed by atoms with van der Waals surface area (Å²) in [6, 6.07) is 13.3. The van der Waals surface area contributed by atoms with E-state index in [9.17, 15) is 13.2 Å². The maximum Gasteiger partial charge on any atom is 0.322 e. The van der Waals surface area contributed by atoms with E-state index in [1.54, 1.807) is 11.8 Å². The third-order valence-corrected chi connectivity index (χ3v) is 7.83. The van der Waals surface area contributed by atoms with E-state index in [1.807, 2.05) is 30.5 Å². The molecule has 0 bridgehead atoms. The van der Waals surface area contributed by atoms with Gasteiger partial charge in [-0.1, -0.05) is 11.2 Å². The molecule has 1 fully saturated rings. The summed E-state index contributed by atoms with van der Waals surface area (Å²) in [4.78, 5) is 13.7. The van der Waals surface area contributed by atoms with Gasteiger partial charge in [0.25, 0.3) is 5.91 Å². The third kappa shape index (κ3) is 5.44. The lowest BCUT2D eigenvalue weighted by atomic mass is 10.2. The summed E-state index contributed by atoms with van der Waals surface area (Å²) in [5.74, 6) is -0.198. The van der Waals surface area contributed by atoms with Gasteiger partial charge in [-0.2, -0.15) is 4.31 Å². The second kappa shape index (κ2) is 10.0. The van der Waals surface area contributed by atoms with Gasteiger partial charge in [0.2, 0.25) is 15.9 Å². The summed E-state index contributed by atoms with van der Waals surface area (Å²) in [6.07, 6.45) is 3.67. The predicted molar refractivity (Wildman–Crippen MR) is 125 cm³/mol. The Kier molecular flexibility index (Phi) is 7.13. The normalized spacial score (nSPS) is 16.3. The number of amides is 1. The highest BCUT2D eigenvalue weighted by Crippen LogP contribution is 2.25. The fourth-order valence-corrected chi connectivity index (χ4v) is 5.11. The van der Waals surface area contributed by atoms with Gasteiger partial charge in [0.05, 0.1) is 11.0 Å². The average Bonchev–Trinajstić information content (AvgIpc) is 3.51. The molecule has 1 unspecified atom stereocenters. The van der Waals surface area contributed by atoms with Crippen molar-refractivity contribution >= 4 is 33.7 Å². The van der Waals surface area contributed by atoms with E-state index in [0.29, 0.717) is 13.2 Å². The van der Waals surface area contributed by atoms with E-state index in [1.165, 1.54) is 35.6 Å². The SMILES string of the molecule is CSc1cccc(-c2nnc(NC(=O)c3ccc(S(=O)(=O)N(C)CC4CCCO4)cc3)o2)c1. The molecule has 1 saturated heterocycles. The Hall–Kier alpha value is -2.73. The number of hydrogen-bond acceptors (Lipinski definition) is 8. The molecule has 174 valence electrons. The highest BCUT2D eigenvalue weighted by molar-refractivity contribution is 7.98. The van der Waals surface area contributed by atoms with Crippen LogP contribution in [0, 0.1) is 0 Å². The van der Waals surface area contributed by atoms with Crippen molar-refractivity contribution in [2.24, 2.45) is 0 Å². The van der Waals surface area contributed by atoms with E-state index >= 15 is 0 Å². The van der Waals surface area contributed by atoms with Crippen molar-refractivity contribution in [3.63, 3.8) is 0 Å². The number of hydrogen-bond donors (Lipinski definition) is 1. The molecule has 11 heteroatoms. The van der Waals surface area contributed by atoms with Gasteiger partial charge < -0.3 is 9.15 Å². The van der Waals surface area contributed by atoms with Crippen LogP contribution in [0.3, 0.4) is 0 Å². The molecule has 3 aromatic rings. The van der Waals surface area contributed by atoms with Crippen LogP contribution >= 0.6 is 11.8 Å². The van der Waals surface area contributed by atoms with Gasteiger partial charge >= 0.3 is 6.01 Å². The number of ether oxygens (including phenoxy) is 1. The molecule has 1 aliphatic rings. The summed E-state index contributed by atoms with van der Waals surface area (Å²) in [5.41, 5.74) is 1.01. The number of sulfonamides is 1. The molecule has 1 amide bonds. The van der Waals surface area contributed by atoms with E-state index in [-0.39, 0.29) is 28.5 Å². The Morgan fingerprint density at radius 2 is 2.00 bits per heavy atom. The summed E-state index contributed by atoms with van der Waals surface area (Å²) < 4.78 is 38.0. The second-order valence-electron chi connectivity index (χ2n) is 7.54. The molecule has 4 rings (SSSR count). The Morgan fingerprint density at radius 1 is 1.21 bits per heavy atom. The zero-order valence-electron chi connectivity index (χ0n) is 18.2. The maximum absolute atomic E-state index is 12.8. The first kappa shape index (κ1) is 23.4. The molecule has 0 aliphatic carbocycles. The van der Waals surface area contributed by atoms with Crippen LogP contribution in [0.25, 0.3) is 11.5 Å². The number of thioether (sulfide) groups is 1. The van der Waals surface area contributed by atoms with Crippen molar-refractivity contribution < 1.29 is 22.4 Å². The molecule has 2 aromatic carbocycles. The van der Waals surface area contributed by atoms with Crippen LogP contribution < -0.4 is 5.32 Å². The molecular formula is C22H24N4O5S2. The van der Waals surface area contributed by atoms with Gasteiger partial charge in [-0.15, -0.1) is 16.9 Å². The number of likely N-dealkylation sites (N-methyl/N-ethyl adjacent to an activating group) is 1. The van der Waals surface area contributed by atoms with Crippen LogP contribution in [0.2, 0.25) is 0 Å². The lowest BCUT2D eigenvalue weighted by molar-refractivity contribution is 0.0979. The molecule has 1 N–H and O–H groups in total. The molecule has 0 saturated carbocycles. The van der Waals surface area contributed by atoms with Crippen LogP contribution in [0.1, 0.15) is 23.2 Å². The number of carbonyl (C=O) groups excluding carboxylic acids is 1. The fourth-order valence-electron chi connectivity index (χ4n) is 3.45. The topological polar surface area (TPSA) is 115 Å². The molecule has 1 atom stereocenters. The number of anilines is 1. The Bertz CT molecular complexity index is 1220. The number of nitrogens with zero attached hydrogens (tertiary/aromatic N) is 3. The second-order valence-corrected chi connectivity index (χ2v) is 10.5. The summed E-state index contributed by atoms with van der Waals surface area (Å²) in [7, 11) is -2.15. The fraction of sp³-hybridized carbons (Fsp3) is 0.318. The van der Waals surface area contributed by atoms with Crippen molar-refractivity contribution in [2.45, 2.75) is 28.7 Å². The minimum Gasteiger partial charge on any atom is -0.403 e. The molecule has 9 nitrogen and oxygen atoms in total. The van der Waals surface area contributed by atoms with Crippen molar-refractivity contribution in [3.8, 4) is 11.5 Å². The van der Waals surface area contributed by atoms with Crippen molar-refractivity contribution in [2.75, 3.05) is 31.8 Å². The van der Waals surface area contributed by atoms with Crippen LogP contribution in [0.15, 0.2) is 62.7 Å². The van der Waals surface area contributed by atoms with Gasteiger partial charge in [0.15, 0.2) is 0 Å². The van der Waals surface area contributed by atoms with Crippen molar-refractivity contribution in [3.05, 3.63) is 54.1 Å². The molecule has 0 spiro atoms. The van der Waals surface area contributed by atoms with Crippen LogP contribution in [-0.2, 0) is 14.8 Å². The molecule has 33 heavy (non-hydrogen) atoms. The van der Waals surface area contributed by atoms with Gasteiger partial charge in [0.1, 0.15) is 0 Å². The predicted octanol–water partition coefficient (Wildman–Crippen LogP) is 3.51. The number of benzene rings is 2. The summed E-state index contributed by atoms with van der Waals surface area (Å²) in [6.45, 7) is 0.956. The first-order chi connectivity index (χ1) is 15.9. The quantitative estimate of drug-likeness (QED) is 0.479. The average molecular weight is 489 g/mol. The first-order valence-electron chi connectivity index (χ1n) is 10.3. The monoisotopic (exact) mass is 488 g/mol. The lowest BCUT2D eigenvalue weighted by Crippen LogP contribution is -2.34. The molecule has 0 radical (unpaired) electrons. The van der Waals surface area contributed by atoms with Gasteiger partial charge in [-0.05, 0) is 61.6 Å². The third-order valence-electron chi connectivity index (χ3n) is 5.27.